The van der Waals surface area contributed by atoms with Crippen LogP contribution in [0.5, 0.6) is 0 Å². The van der Waals surface area contributed by atoms with E-state index in [1.165, 1.54) is 124 Å². The van der Waals surface area contributed by atoms with Gasteiger partial charge >= 0.3 is 0 Å². The average Bonchev–Trinajstić information content (AvgIpc) is 4.21. The van der Waals surface area contributed by atoms with Gasteiger partial charge in [0.2, 0.25) is 0 Å². The number of fused-ring (bicyclic) bond motifs is 4. The van der Waals surface area contributed by atoms with Gasteiger partial charge in [0, 0.05) is 28.3 Å². The minimum atomic E-state index is 0.651. The molecule has 0 bridgehead atoms. The molecule has 4 heteroatoms. The molecule has 312 valence electrons. The lowest BCUT2D eigenvalue weighted by Gasteiger charge is -2.24. The van der Waals surface area contributed by atoms with Crippen LogP contribution in [0.4, 0.5) is 22.7 Å². The van der Waals surface area contributed by atoms with Gasteiger partial charge in [-0.3, -0.25) is 4.57 Å². The summed E-state index contributed by atoms with van der Waals surface area (Å²) in [5, 5.41) is 2.44. The van der Waals surface area contributed by atoms with Crippen LogP contribution in [0.15, 0.2) is 194 Å². The summed E-state index contributed by atoms with van der Waals surface area (Å²) < 4.78 is 2.34. The summed E-state index contributed by atoms with van der Waals surface area (Å²) in [7, 11) is 0. The molecule has 3 heterocycles. The highest BCUT2D eigenvalue weighted by atomic mass is 15.4. The molecule has 64 heavy (non-hydrogen) atoms. The Morgan fingerprint density at radius 1 is 0.406 bits per heavy atom. The molecule has 0 radical (unpaired) electrons. The molecule has 2 fully saturated rings. The molecule has 0 unspecified atom stereocenters. The van der Waals surface area contributed by atoms with Crippen molar-refractivity contribution in [2.75, 3.05) is 16.5 Å². The normalized spacial score (nSPS) is 15.4. The molecule has 0 amide bonds. The van der Waals surface area contributed by atoms with Gasteiger partial charge in [-0.15, -0.1) is 0 Å². The molecule has 2 saturated carbocycles. The lowest BCUT2D eigenvalue weighted by atomic mass is 9.84. The first kappa shape index (κ1) is 38.5. The summed E-state index contributed by atoms with van der Waals surface area (Å²) in [4.78, 5) is 9.80. The lowest BCUT2D eigenvalue weighted by Crippen LogP contribution is -2.23. The summed E-state index contributed by atoms with van der Waals surface area (Å²) in [5.74, 6) is 2.22. The van der Waals surface area contributed by atoms with E-state index in [1.54, 1.807) is 0 Å². The molecule has 0 atom stereocenters. The number of hydrogen-bond acceptors (Lipinski definition) is 3. The third-order valence-corrected chi connectivity index (χ3v) is 14.4. The van der Waals surface area contributed by atoms with Gasteiger partial charge in [0.15, 0.2) is 0 Å². The van der Waals surface area contributed by atoms with Crippen LogP contribution >= 0.6 is 0 Å². The van der Waals surface area contributed by atoms with E-state index in [0.29, 0.717) is 11.8 Å². The number of aromatic nitrogens is 2. The lowest BCUT2D eigenvalue weighted by molar-refractivity contribution is 0.723. The van der Waals surface area contributed by atoms with Gasteiger partial charge < -0.3 is 9.80 Å². The van der Waals surface area contributed by atoms with Gasteiger partial charge in [-0.1, -0.05) is 153 Å². The smallest absolute Gasteiger partial charge is 0.137 e. The maximum absolute atomic E-state index is 4.91. The minimum Gasteiger partial charge on any atom is -0.321 e. The molecular weight excluding hydrogens is 777 g/mol. The van der Waals surface area contributed by atoms with E-state index < -0.39 is 0 Å². The predicted octanol–water partition coefficient (Wildman–Crippen LogP) is 15.7. The van der Waals surface area contributed by atoms with Crippen LogP contribution in [-0.4, -0.2) is 16.2 Å². The molecule has 1 aliphatic heterocycles. The third-order valence-electron chi connectivity index (χ3n) is 14.4. The first-order valence-corrected chi connectivity index (χ1v) is 23.4. The third kappa shape index (κ3) is 6.89. The number of hydrogen-bond donors (Lipinski definition) is 0. The Morgan fingerprint density at radius 2 is 0.938 bits per heavy atom. The van der Waals surface area contributed by atoms with Crippen molar-refractivity contribution in [3.63, 3.8) is 0 Å². The highest BCUT2D eigenvalue weighted by molar-refractivity contribution is 6.12. The second kappa shape index (κ2) is 16.5. The molecule has 9 aromatic rings. The molecule has 12 rings (SSSR count). The molecule has 0 saturated heterocycles. The van der Waals surface area contributed by atoms with Gasteiger partial charge in [0.1, 0.15) is 12.5 Å². The average molecular weight is 829 g/mol. The molecular formula is C60H52N4. The second-order valence-corrected chi connectivity index (χ2v) is 18.1. The van der Waals surface area contributed by atoms with Crippen molar-refractivity contribution in [2.24, 2.45) is 0 Å². The fourth-order valence-corrected chi connectivity index (χ4v) is 11.2. The van der Waals surface area contributed by atoms with Crippen LogP contribution < -0.4 is 9.80 Å². The SMILES string of the molecule is c1ccc(N2CN(c3cccc(C(=C(c4ccc(C5CCCC5)cc4)c4ccc(C5CCCC5)cc4)c4ccc5c6ccccc6n(-c6ccccn6)c5c4)c3)c3ccccc32)cc1. The largest absolute Gasteiger partial charge is 0.321 e. The highest BCUT2D eigenvalue weighted by Gasteiger charge is 2.29. The zero-order valence-electron chi connectivity index (χ0n) is 36.3. The maximum atomic E-state index is 4.91. The van der Waals surface area contributed by atoms with Crippen molar-refractivity contribution < 1.29 is 0 Å². The van der Waals surface area contributed by atoms with E-state index in [-0.39, 0.29) is 0 Å². The Balaban J connectivity index is 1.10. The van der Waals surface area contributed by atoms with Crippen LogP contribution in [0.1, 0.15) is 96.6 Å². The predicted molar refractivity (Wildman–Crippen MR) is 267 cm³/mol. The first-order valence-electron chi connectivity index (χ1n) is 23.4. The van der Waals surface area contributed by atoms with Gasteiger partial charge in [-0.25, -0.2) is 4.98 Å². The van der Waals surface area contributed by atoms with Crippen molar-refractivity contribution in [3.05, 3.63) is 228 Å². The summed E-state index contributed by atoms with van der Waals surface area (Å²) in [6.07, 6.45) is 12.4. The Bertz CT molecular complexity index is 3070. The number of para-hydroxylation sites is 4. The van der Waals surface area contributed by atoms with E-state index in [1.807, 2.05) is 12.3 Å². The van der Waals surface area contributed by atoms with E-state index in [2.05, 4.69) is 196 Å². The van der Waals surface area contributed by atoms with Crippen molar-refractivity contribution in [1.29, 1.82) is 0 Å². The summed E-state index contributed by atoms with van der Waals surface area (Å²) >= 11 is 0. The topological polar surface area (TPSA) is 24.3 Å². The molecule has 4 nitrogen and oxygen atoms in total. The number of pyridine rings is 1. The zero-order chi connectivity index (χ0) is 42.4. The molecule has 0 spiro atoms. The van der Waals surface area contributed by atoms with Crippen molar-refractivity contribution in [2.45, 2.75) is 63.2 Å². The molecule has 0 N–H and O–H groups in total. The van der Waals surface area contributed by atoms with Crippen molar-refractivity contribution >= 4 is 55.7 Å². The van der Waals surface area contributed by atoms with Crippen LogP contribution in [0, 0.1) is 0 Å². The monoisotopic (exact) mass is 828 g/mol. The number of benzene rings is 7. The van der Waals surface area contributed by atoms with Crippen LogP contribution in [0.3, 0.4) is 0 Å². The molecule has 3 aliphatic rings. The Labute approximate surface area is 376 Å². The van der Waals surface area contributed by atoms with Gasteiger partial charge in [0.05, 0.1) is 22.4 Å². The molecule has 7 aromatic carbocycles. The quantitative estimate of drug-likeness (QED) is 0.135. The van der Waals surface area contributed by atoms with Crippen LogP contribution in [-0.2, 0) is 0 Å². The van der Waals surface area contributed by atoms with Crippen LogP contribution in [0.25, 0.3) is 38.8 Å². The Hall–Kier alpha value is -7.17. The van der Waals surface area contributed by atoms with E-state index >= 15 is 0 Å². The summed E-state index contributed by atoms with van der Waals surface area (Å²) in [6.45, 7) is 0.722. The molecule has 2 aromatic heterocycles. The Kier molecular flexibility index (Phi) is 9.93. The van der Waals surface area contributed by atoms with E-state index in [0.717, 1.165) is 29.2 Å². The highest BCUT2D eigenvalue weighted by Crippen LogP contribution is 2.47. The van der Waals surface area contributed by atoms with Crippen molar-refractivity contribution in [1.82, 2.24) is 9.55 Å². The zero-order valence-corrected chi connectivity index (χ0v) is 36.3. The number of rotatable bonds is 9. The molecule has 2 aliphatic carbocycles. The number of anilines is 4. The van der Waals surface area contributed by atoms with Crippen LogP contribution in [0.2, 0.25) is 0 Å². The number of nitrogens with zero attached hydrogens (tertiary/aromatic N) is 4. The standard InChI is InChI=1S/C60H52N4/c1-2-20-50(21-3-1)62-41-63(56-26-11-10-25-55(56)62)51-22-14-19-48(39-51)60(49-36-37-53-52-23-8-9-24-54(52)64(57(53)40-49)58-27-12-13-38-61-58)59(46-32-28-44(29-33-46)42-15-4-5-16-42)47-34-30-45(31-35-47)43-17-6-7-18-43/h1-3,8-14,19-40,42-43H,4-7,15-18,41H2. The van der Waals surface area contributed by atoms with Gasteiger partial charge in [-0.2, -0.15) is 0 Å². The summed E-state index contributed by atoms with van der Waals surface area (Å²) in [6, 6.07) is 70.3. The maximum Gasteiger partial charge on any atom is 0.137 e. The fraction of sp³-hybridized carbons (Fsp3) is 0.183. The van der Waals surface area contributed by atoms with Gasteiger partial charge in [-0.05, 0) is 143 Å². The van der Waals surface area contributed by atoms with Gasteiger partial charge in [0.25, 0.3) is 0 Å². The first-order chi connectivity index (χ1) is 31.7. The second-order valence-electron chi connectivity index (χ2n) is 18.1. The fourth-order valence-electron chi connectivity index (χ4n) is 11.2. The van der Waals surface area contributed by atoms with Crippen molar-refractivity contribution in [3.8, 4) is 5.82 Å². The van der Waals surface area contributed by atoms with E-state index in [9.17, 15) is 0 Å². The van der Waals surface area contributed by atoms with E-state index in [4.69, 9.17) is 4.98 Å². The summed E-state index contributed by atoms with van der Waals surface area (Å²) in [5.41, 5.74) is 17.3. The Morgan fingerprint density at radius 3 is 1.59 bits per heavy atom. The minimum absolute atomic E-state index is 0.651.